The van der Waals surface area contributed by atoms with Crippen LogP contribution in [0.1, 0.15) is 0 Å². The average Bonchev–Trinajstić information content (AvgIpc) is 2.70. The number of alkyl halides is 1. The van der Waals surface area contributed by atoms with Crippen LogP contribution in [0.5, 0.6) is 23.0 Å². The molecule has 0 fully saturated rings. The van der Waals surface area contributed by atoms with Crippen LogP contribution in [0.25, 0.3) is 10.4 Å². The highest BCUT2D eigenvalue weighted by Crippen LogP contribution is 2.28. The van der Waals surface area contributed by atoms with Crippen molar-refractivity contribution in [1.29, 1.82) is 0 Å². The lowest BCUT2D eigenvalue weighted by Gasteiger charge is -2.09. The predicted octanol–water partition coefficient (Wildman–Crippen LogP) is 4.98. The van der Waals surface area contributed by atoms with Crippen molar-refractivity contribution < 1.29 is 27.7 Å². The maximum atomic E-state index is 12.8. The number of methoxy groups -OCH3 is 2. The highest BCUT2D eigenvalue weighted by molar-refractivity contribution is 6.18. The van der Waals surface area contributed by atoms with Crippen molar-refractivity contribution >= 4 is 11.6 Å². The summed E-state index contributed by atoms with van der Waals surface area (Å²) >= 11 is 5.43. The summed E-state index contributed by atoms with van der Waals surface area (Å²) in [6.45, 7) is 0.710. The lowest BCUT2D eigenvalue weighted by atomic mass is 10.3. The second kappa shape index (κ2) is 13.3. The van der Waals surface area contributed by atoms with Crippen LogP contribution in [0.2, 0.25) is 0 Å². The molecule has 0 aliphatic carbocycles. The maximum Gasteiger partial charge on any atom is 0.164 e. The minimum absolute atomic E-state index is 0.184. The number of nitrogens with zero attached hydrogens (tertiary/aromatic N) is 3. The lowest BCUT2D eigenvalue weighted by Crippen LogP contribution is -2.02. The van der Waals surface area contributed by atoms with Gasteiger partial charge >= 0.3 is 0 Å². The molecule has 152 valence electrons. The molecular weight excluding hydrogens is 396 g/mol. The van der Waals surface area contributed by atoms with Crippen LogP contribution in [0.4, 0.5) is 8.78 Å². The minimum atomic E-state index is -0.408. The van der Waals surface area contributed by atoms with E-state index < -0.39 is 5.82 Å². The molecule has 7 nitrogen and oxygen atoms in total. The first kappa shape index (κ1) is 23.1. The summed E-state index contributed by atoms with van der Waals surface area (Å²) in [4.78, 5) is 2.57. The monoisotopic (exact) mass is 415 g/mol. The standard InChI is InChI=1S/C9H10ClFO2.C9H10FN3O2/c1-12-8-3-2-7(11)6-9(8)13-5-4-10;1-14-8-3-2-7(10)6-9(8)15-5-4-12-13-11/h2-3,6H,4-5H2,1H3;2-3,6H,4-5H2,1H3. The lowest BCUT2D eigenvalue weighted by molar-refractivity contribution is 0.300. The molecule has 0 aliphatic rings. The van der Waals surface area contributed by atoms with Gasteiger partial charge in [0.05, 0.1) is 33.3 Å². The van der Waals surface area contributed by atoms with Gasteiger partial charge in [0.2, 0.25) is 0 Å². The van der Waals surface area contributed by atoms with E-state index in [2.05, 4.69) is 10.0 Å². The van der Waals surface area contributed by atoms with Crippen LogP contribution < -0.4 is 18.9 Å². The molecule has 0 saturated carbocycles. The van der Waals surface area contributed by atoms with E-state index in [0.29, 0.717) is 35.5 Å². The van der Waals surface area contributed by atoms with Crippen LogP contribution in [0.3, 0.4) is 0 Å². The first-order valence-electron chi connectivity index (χ1n) is 8.05. The van der Waals surface area contributed by atoms with Crippen molar-refractivity contribution in [3.8, 4) is 23.0 Å². The van der Waals surface area contributed by atoms with Gasteiger partial charge in [0, 0.05) is 17.0 Å². The van der Waals surface area contributed by atoms with Crippen molar-refractivity contribution in [3.05, 3.63) is 58.5 Å². The quantitative estimate of drug-likeness (QED) is 0.190. The highest BCUT2D eigenvalue weighted by Gasteiger charge is 2.05. The number of rotatable bonds is 9. The fourth-order valence-electron chi connectivity index (χ4n) is 1.92. The normalized spacial score (nSPS) is 9.46. The Labute approximate surface area is 166 Å². The molecule has 10 heteroatoms. The third-order valence-corrected chi connectivity index (χ3v) is 3.25. The predicted molar refractivity (Wildman–Crippen MR) is 102 cm³/mol. The zero-order valence-electron chi connectivity index (χ0n) is 15.4. The number of hydrogen-bond donors (Lipinski definition) is 0. The van der Waals surface area contributed by atoms with Gasteiger partial charge in [-0.15, -0.1) is 11.6 Å². The molecule has 0 saturated heterocycles. The molecule has 2 aromatic carbocycles. The molecule has 0 radical (unpaired) electrons. The number of hydrogen-bond acceptors (Lipinski definition) is 5. The largest absolute Gasteiger partial charge is 0.493 e. The van der Waals surface area contributed by atoms with Crippen molar-refractivity contribution in [1.82, 2.24) is 0 Å². The average molecular weight is 416 g/mol. The zero-order valence-corrected chi connectivity index (χ0v) is 16.2. The first-order chi connectivity index (χ1) is 13.5. The van der Waals surface area contributed by atoms with Crippen molar-refractivity contribution in [2.45, 2.75) is 0 Å². The summed E-state index contributed by atoms with van der Waals surface area (Å²) < 4.78 is 45.9. The summed E-state index contributed by atoms with van der Waals surface area (Å²) in [6, 6.07) is 8.06. The molecule has 28 heavy (non-hydrogen) atoms. The Hall–Kier alpha value is -2.90. The van der Waals surface area contributed by atoms with E-state index in [1.54, 1.807) is 0 Å². The van der Waals surface area contributed by atoms with Gasteiger partial charge in [0.1, 0.15) is 18.2 Å². The highest BCUT2D eigenvalue weighted by atomic mass is 35.5. The molecule has 2 rings (SSSR count). The van der Waals surface area contributed by atoms with Crippen molar-refractivity contribution in [3.63, 3.8) is 0 Å². The molecule has 0 unspecified atom stereocenters. The number of ether oxygens (including phenoxy) is 4. The summed E-state index contributed by atoms with van der Waals surface area (Å²) in [5.41, 5.74) is 8.03. The van der Waals surface area contributed by atoms with E-state index in [1.165, 1.54) is 50.6 Å². The second-order valence-corrected chi connectivity index (χ2v) is 5.31. The molecule has 2 aromatic rings. The Morgan fingerprint density at radius 1 is 0.893 bits per heavy atom. The first-order valence-corrected chi connectivity index (χ1v) is 8.58. The summed E-state index contributed by atoms with van der Waals surface area (Å²) in [5, 5.41) is 3.29. The van der Waals surface area contributed by atoms with Crippen LogP contribution in [0.15, 0.2) is 41.5 Å². The van der Waals surface area contributed by atoms with E-state index in [1.807, 2.05) is 0 Å². The molecule has 0 atom stereocenters. The van der Waals surface area contributed by atoms with Crippen LogP contribution in [-0.4, -0.2) is 39.9 Å². The van der Waals surface area contributed by atoms with Gasteiger partial charge in [0.25, 0.3) is 0 Å². The van der Waals surface area contributed by atoms with Crippen LogP contribution >= 0.6 is 11.6 Å². The van der Waals surface area contributed by atoms with E-state index in [0.717, 1.165) is 0 Å². The Balaban J connectivity index is 0.000000283. The molecule has 0 amide bonds. The van der Waals surface area contributed by atoms with Gasteiger partial charge in [-0.3, -0.25) is 0 Å². The van der Waals surface area contributed by atoms with E-state index in [-0.39, 0.29) is 19.0 Å². The summed E-state index contributed by atoms with van der Waals surface area (Å²) in [6.07, 6.45) is 0. The molecule has 0 N–H and O–H groups in total. The molecule has 0 aliphatic heterocycles. The van der Waals surface area contributed by atoms with E-state index in [9.17, 15) is 8.78 Å². The molecule has 0 bridgehead atoms. The number of halogens is 3. The van der Waals surface area contributed by atoms with Crippen LogP contribution in [0, 0.1) is 11.6 Å². The topological polar surface area (TPSA) is 85.7 Å². The second-order valence-electron chi connectivity index (χ2n) is 4.93. The Kier molecular flexibility index (Phi) is 11.0. The van der Waals surface area contributed by atoms with Crippen LogP contribution in [-0.2, 0) is 0 Å². The summed E-state index contributed by atoms with van der Waals surface area (Å²) in [5.74, 6) is 1.22. The van der Waals surface area contributed by atoms with Crippen molar-refractivity contribution in [2.24, 2.45) is 5.11 Å². The number of benzene rings is 2. The Morgan fingerprint density at radius 3 is 1.82 bits per heavy atom. The van der Waals surface area contributed by atoms with Gasteiger partial charge in [-0.1, -0.05) is 5.11 Å². The zero-order chi connectivity index (χ0) is 20.8. The molecule has 0 heterocycles. The van der Waals surface area contributed by atoms with Gasteiger partial charge in [-0.05, 0) is 29.8 Å². The summed E-state index contributed by atoms with van der Waals surface area (Å²) in [7, 11) is 2.97. The van der Waals surface area contributed by atoms with Gasteiger partial charge in [-0.25, -0.2) is 8.78 Å². The van der Waals surface area contributed by atoms with Crippen molar-refractivity contribution in [2.75, 3.05) is 39.9 Å². The molecule has 0 spiro atoms. The van der Waals surface area contributed by atoms with Gasteiger partial charge in [0.15, 0.2) is 23.0 Å². The fourth-order valence-corrected chi connectivity index (χ4v) is 1.99. The SMILES string of the molecule is COc1ccc(F)cc1OCCCl.COc1ccc(F)cc1OCCN=[N+]=[N-]. The minimum Gasteiger partial charge on any atom is -0.493 e. The molecule has 0 aromatic heterocycles. The van der Waals surface area contributed by atoms with Gasteiger partial charge < -0.3 is 18.9 Å². The molecular formula is C18H20ClF2N3O4. The Bertz CT molecular complexity index is 789. The van der Waals surface area contributed by atoms with Gasteiger partial charge in [-0.2, -0.15) is 0 Å². The van der Waals surface area contributed by atoms with E-state index in [4.69, 9.17) is 36.1 Å². The third kappa shape index (κ3) is 8.20. The smallest absolute Gasteiger partial charge is 0.164 e. The fraction of sp³-hybridized carbons (Fsp3) is 0.333. The van der Waals surface area contributed by atoms with E-state index >= 15 is 0 Å². The Morgan fingerprint density at radius 2 is 1.39 bits per heavy atom. The maximum absolute atomic E-state index is 12.8. The number of azide groups is 1. The third-order valence-electron chi connectivity index (χ3n) is 3.10.